The molecule has 0 saturated carbocycles. The van der Waals surface area contributed by atoms with Gasteiger partial charge in [-0.15, -0.1) is 6.58 Å². The van der Waals surface area contributed by atoms with Crippen molar-refractivity contribution < 1.29 is 9.53 Å². The summed E-state index contributed by atoms with van der Waals surface area (Å²) in [5, 5.41) is 0. The Balaban J connectivity index is 2.23. The van der Waals surface area contributed by atoms with Crippen LogP contribution in [0.3, 0.4) is 0 Å². The van der Waals surface area contributed by atoms with Gasteiger partial charge in [0, 0.05) is 0 Å². The van der Waals surface area contributed by atoms with Crippen LogP contribution in [0.2, 0.25) is 0 Å². The molecular formula is C18H24O2. The molecule has 0 fully saturated rings. The Labute approximate surface area is 122 Å². The van der Waals surface area contributed by atoms with E-state index >= 15 is 0 Å². The normalized spacial score (nSPS) is 11.5. The third kappa shape index (κ3) is 6.93. The van der Waals surface area contributed by atoms with E-state index in [4.69, 9.17) is 4.74 Å². The predicted molar refractivity (Wildman–Crippen MR) is 83.5 cm³/mol. The number of rotatable bonds is 8. The van der Waals surface area contributed by atoms with Gasteiger partial charge in [-0.05, 0) is 23.8 Å². The smallest absolute Gasteiger partial charge is 0.310 e. The van der Waals surface area contributed by atoms with Crippen LogP contribution in [0.25, 0.3) is 0 Å². The SMILES string of the molecule is C=CCC(C)(C)C/C=C/COC(=O)Cc1ccccc1. The molecule has 0 saturated heterocycles. The van der Waals surface area contributed by atoms with E-state index in [0.717, 1.165) is 18.4 Å². The van der Waals surface area contributed by atoms with Crippen molar-refractivity contribution in [3.05, 3.63) is 60.7 Å². The summed E-state index contributed by atoms with van der Waals surface area (Å²) in [6.45, 7) is 8.49. The number of esters is 1. The van der Waals surface area contributed by atoms with E-state index in [0.29, 0.717) is 13.0 Å². The number of carbonyl (C=O) groups excluding carboxylic acids is 1. The topological polar surface area (TPSA) is 26.3 Å². The summed E-state index contributed by atoms with van der Waals surface area (Å²) in [5.74, 6) is -0.189. The van der Waals surface area contributed by atoms with Crippen molar-refractivity contribution in [2.24, 2.45) is 5.41 Å². The highest BCUT2D eigenvalue weighted by Gasteiger charge is 2.13. The van der Waals surface area contributed by atoms with E-state index in [1.807, 2.05) is 42.5 Å². The maximum absolute atomic E-state index is 11.6. The Morgan fingerprint density at radius 2 is 1.90 bits per heavy atom. The average Bonchev–Trinajstić information content (AvgIpc) is 2.39. The van der Waals surface area contributed by atoms with Crippen molar-refractivity contribution in [2.75, 3.05) is 6.61 Å². The maximum Gasteiger partial charge on any atom is 0.310 e. The summed E-state index contributed by atoms with van der Waals surface area (Å²) in [4.78, 5) is 11.6. The molecule has 2 nitrogen and oxygen atoms in total. The zero-order valence-electron chi connectivity index (χ0n) is 12.5. The molecule has 0 radical (unpaired) electrons. The van der Waals surface area contributed by atoms with E-state index in [1.165, 1.54) is 0 Å². The predicted octanol–water partition coefficient (Wildman–Crippen LogP) is 4.32. The van der Waals surface area contributed by atoms with Crippen LogP contribution in [0, 0.1) is 5.41 Å². The Morgan fingerprint density at radius 1 is 1.20 bits per heavy atom. The fourth-order valence-corrected chi connectivity index (χ4v) is 1.90. The van der Waals surface area contributed by atoms with E-state index in [9.17, 15) is 4.79 Å². The van der Waals surface area contributed by atoms with Gasteiger partial charge in [0.1, 0.15) is 6.61 Å². The number of carbonyl (C=O) groups is 1. The summed E-state index contributed by atoms with van der Waals surface area (Å²) in [7, 11) is 0. The zero-order valence-corrected chi connectivity index (χ0v) is 12.5. The van der Waals surface area contributed by atoms with Gasteiger partial charge in [-0.2, -0.15) is 0 Å². The third-order valence-electron chi connectivity index (χ3n) is 3.07. The number of hydrogen-bond donors (Lipinski definition) is 0. The largest absolute Gasteiger partial charge is 0.461 e. The first-order valence-corrected chi connectivity index (χ1v) is 6.99. The molecule has 2 heteroatoms. The molecule has 1 aromatic rings. The molecule has 0 aromatic heterocycles. The van der Waals surface area contributed by atoms with Crippen molar-refractivity contribution in [1.82, 2.24) is 0 Å². The van der Waals surface area contributed by atoms with E-state index in [-0.39, 0.29) is 11.4 Å². The minimum Gasteiger partial charge on any atom is -0.461 e. The lowest BCUT2D eigenvalue weighted by molar-refractivity contribution is -0.141. The molecule has 0 bridgehead atoms. The summed E-state index contributed by atoms with van der Waals surface area (Å²) in [6.07, 6.45) is 8.18. The molecule has 0 aliphatic carbocycles. The maximum atomic E-state index is 11.6. The molecule has 1 rings (SSSR count). The second-order valence-corrected chi connectivity index (χ2v) is 5.68. The Bertz CT molecular complexity index is 444. The highest BCUT2D eigenvalue weighted by molar-refractivity contribution is 5.72. The van der Waals surface area contributed by atoms with Crippen LogP contribution in [0.4, 0.5) is 0 Å². The monoisotopic (exact) mass is 272 g/mol. The lowest BCUT2D eigenvalue weighted by Gasteiger charge is -2.20. The lowest BCUT2D eigenvalue weighted by atomic mass is 9.86. The van der Waals surface area contributed by atoms with Crippen LogP contribution in [-0.4, -0.2) is 12.6 Å². The number of allylic oxidation sites excluding steroid dienone is 2. The van der Waals surface area contributed by atoms with E-state index < -0.39 is 0 Å². The van der Waals surface area contributed by atoms with Gasteiger partial charge in [-0.3, -0.25) is 4.79 Å². The first-order chi connectivity index (χ1) is 9.53. The van der Waals surface area contributed by atoms with E-state index in [2.05, 4.69) is 26.5 Å². The van der Waals surface area contributed by atoms with Crippen LogP contribution < -0.4 is 0 Å². The first-order valence-electron chi connectivity index (χ1n) is 6.99. The van der Waals surface area contributed by atoms with Crippen molar-refractivity contribution in [3.8, 4) is 0 Å². The number of hydrogen-bond acceptors (Lipinski definition) is 2. The highest BCUT2D eigenvalue weighted by atomic mass is 16.5. The van der Waals surface area contributed by atoms with Crippen molar-refractivity contribution in [3.63, 3.8) is 0 Å². The van der Waals surface area contributed by atoms with Gasteiger partial charge in [-0.1, -0.05) is 62.4 Å². The quantitative estimate of drug-likeness (QED) is 0.520. The lowest BCUT2D eigenvalue weighted by Crippen LogP contribution is -2.09. The van der Waals surface area contributed by atoms with Gasteiger partial charge in [0.05, 0.1) is 6.42 Å². The van der Waals surface area contributed by atoms with Crippen LogP contribution in [0.1, 0.15) is 32.3 Å². The average molecular weight is 272 g/mol. The first kappa shape index (κ1) is 16.2. The number of benzene rings is 1. The van der Waals surface area contributed by atoms with Gasteiger partial charge in [0.2, 0.25) is 0 Å². The summed E-state index contributed by atoms with van der Waals surface area (Å²) in [6, 6.07) is 9.63. The Kier molecular flexibility index (Phi) is 6.78. The van der Waals surface area contributed by atoms with Crippen LogP contribution >= 0.6 is 0 Å². The molecule has 20 heavy (non-hydrogen) atoms. The molecule has 108 valence electrons. The van der Waals surface area contributed by atoms with Gasteiger partial charge in [0.25, 0.3) is 0 Å². The molecule has 0 unspecified atom stereocenters. The van der Waals surface area contributed by atoms with Crippen molar-refractivity contribution in [1.29, 1.82) is 0 Å². The standard InChI is InChI=1S/C18H24O2/c1-4-12-18(2,3)13-8-9-14-20-17(19)15-16-10-6-5-7-11-16/h4-11H,1,12-15H2,2-3H3/b9-8+. The molecule has 0 N–H and O–H groups in total. The van der Waals surface area contributed by atoms with Crippen LogP contribution in [0.5, 0.6) is 0 Å². The number of ether oxygens (including phenoxy) is 1. The molecular weight excluding hydrogens is 248 g/mol. The van der Waals surface area contributed by atoms with Crippen LogP contribution in [0.15, 0.2) is 55.1 Å². The second kappa shape index (κ2) is 8.36. The van der Waals surface area contributed by atoms with Gasteiger partial charge >= 0.3 is 5.97 Å². The Hall–Kier alpha value is -1.83. The minimum absolute atomic E-state index is 0.189. The molecule has 1 aromatic carbocycles. The van der Waals surface area contributed by atoms with Crippen LogP contribution in [-0.2, 0) is 16.0 Å². The third-order valence-corrected chi connectivity index (χ3v) is 3.07. The van der Waals surface area contributed by atoms with Gasteiger partial charge in [-0.25, -0.2) is 0 Å². The summed E-state index contributed by atoms with van der Waals surface area (Å²) in [5.41, 5.74) is 1.19. The summed E-state index contributed by atoms with van der Waals surface area (Å²) >= 11 is 0. The highest BCUT2D eigenvalue weighted by Crippen LogP contribution is 2.25. The molecule has 0 amide bonds. The second-order valence-electron chi connectivity index (χ2n) is 5.68. The molecule has 0 spiro atoms. The van der Waals surface area contributed by atoms with Gasteiger partial charge in [0.15, 0.2) is 0 Å². The fraction of sp³-hybridized carbons (Fsp3) is 0.389. The minimum atomic E-state index is -0.189. The molecule has 0 aliphatic heterocycles. The van der Waals surface area contributed by atoms with E-state index in [1.54, 1.807) is 0 Å². The zero-order chi connectivity index (χ0) is 14.8. The van der Waals surface area contributed by atoms with Crippen molar-refractivity contribution >= 4 is 5.97 Å². The van der Waals surface area contributed by atoms with Crippen molar-refractivity contribution in [2.45, 2.75) is 33.1 Å². The van der Waals surface area contributed by atoms with Gasteiger partial charge < -0.3 is 4.74 Å². The molecule has 0 atom stereocenters. The Morgan fingerprint density at radius 3 is 2.55 bits per heavy atom. The summed E-state index contributed by atoms with van der Waals surface area (Å²) < 4.78 is 5.17. The molecule has 0 aliphatic rings. The fourth-order valence-electron chi connectivity index (χ4n) is 1.90. The molecule has 0 heterocycles.